The maximum Gasteiger partial charge on any atom is 0.145 e. The maximum absolute atomic E-state index is 5.58. The third kappa shape index (κ3) is 1.85. The number of fused-ring (bicyclic) bond motifs is 2. The fourth-order valence-corrected chi connectivity index (χ4v) is 4.87. The summed E-state index contributed by atoms with van der Waals surface area (Å²) < 4.78 is 5.58. The zero-order valence-electron chi connectivity index (χ0n) is 12.9. The first-order valence-corrected chi connectivity index (χ1v) is 7.45. The smallest absolute Gasteiger partial charge is 0.145 e. The Bertz CT molecular complexity index is 477. The Hall–Kier alpha value is -0.830. The summed E-state index contributed by atoms with van der Waals surface area (Å²) in [5.41, 5.74) is 1.84. The topological polar surface area (TPSA) is 29.3 Å². The molecule has 0 unspecified atom stereocenters. The first-order chi connectivity index (χ1) is 8.84. The molecule has 2 aliphatic rings. The average Bonchev–Trinajstić information content (AvgIpc) is 2.76. The summed E-state index contributed by atoms with van der Waals surface area (Å²) in [6.45, 7) is 7.16. The van der Waals surface area contributed by atoms with Crippen LogP contribution in [0, 0.1) is 11.3 Å². The molecule has 1 aromatic heterocycles. The molecular formula is C16H26N2O. The van der Waals surface area contributed by atoms with E-state index in [9.17, 15) is 0 Å². The summed E-state index contributed by atoms with van der Waals surface area (Å²) in [4.78, 5) is 2.40. The van der Waals surface area contributed by atoms with Gasteiger partial charge in [-0.25, -0.2) is 0 Å². The molecule has 1 aromatic rings. The van der Waals surface area contributed by atoms with Crippen molar-refractivity contribution in [1.29, 1.82) is 0 Å². The first kappa shape index (κ1) is 13.2. The van der Waals surface area contributed by atoms with Gasteiger partial charge < -0.3 is 9.42 Å². The summed E-state index contributed by atoms with van der Waals surface area (Å²) in [5, 5.41) is 4.06. The van der Waals surface area contributed by atoms with E-state index in [1.165, 1.54) is 24.8 Å². The van der Waals surface area contributed by atoms with E-state index in [1.807, 2.05) is 6.20 Å². The molecule has 0 aromatic carbocycles. The molecule has 0 N–H and O–H groups in total. The van der Waals surface area contributed by atoms with Crippen LogP contribution < -0.4 is 0 Å². The Kier molecular flexibility index (Phi) is 2.83. The maximum atomic E-state index is 5.58. The molecule has 1 saturated carbocycles. The molecule has 3 heteroatoms. The second-order valence-electron chi connectivity index (χ2n) is 7.68. The quantitative estimate of drug-likeness (QED) is 0.778. The van der Waals surface area contributed by atoms with Crippen molar-refractivity contribution in [3.63, 3.8) is 0 Å². The lowest BCUT2D eigenvalue weighted by Gasteiger charge is -2.54. The van der Waals surface area contributed by atoms with Crippen LogP contribution >= 0.6 is 0 Å². The Morgan fingerprint density at radius 1 is 1.26 bits per heavy atom. The van der Waals surface area contributed by atoms with Gasteiger partial charge in [-0.05, 0) is 51.1 Å². The van der Waals surface area contributed by atoms with Gasteiger partial charge in [0.2, 0.25) is 0 Å². The predicted molar refractivity (Wildman–Crippen MR) is 76.2 cm³/mol. The highest BCUT2D eigenvalue weighted by Gasteiger charge is 2.53. The minimum absolute atomic E-state index is 0.121. The molecule has 19 heavy (non-hydrogen) atoms. The minimum atomic E-state index is 0.121. The minimum Gasteiger partial charge on any atom is -0.361 e. The van der Waals surface area contributed by atoms with Gasteiger partial charge in [-0.2, -0.15) is 0 Å². The van der Waals surface area contributed by atoms with Crippen molar-refractivity contribution in [3.05, 3.63) is 17.5 Å². The molecule has 0 bridgehead atoms. The van der Waals surface area contributed by atoms with Crippen LogP contribution in [0.25, 0.3) is 0 Å². The predicted octanol–water partition coefficient (Wildman–Crippen LogP) is 3.24. The van der Waals surface area contributed by atoms with E-state index in [1.54, 1.807) is 0 Å². The third-order valence-electron chi connectivity index (χ3n) is 5.76. The third-order valence-corrected chi connectivity index (χ3v) is 5.76. The standard InChI is InChI=1S/C16H26N2O/c1-15(2)13-7-6-12(18(4)5)9-16(13,3)8-11-10-17-19-14(11)15/h10,12-13H,6-9H2,1-5H3/t12-,13-,16+/m0/s1. The number of aromatic nitrogens is 1. The summed E-state index contributed by atoms with van der Waals surface area (Å²) in [5.74, 6) is 1.84. The van der Waals surface area contributed by atoms with Crippen molar-refractivity contribution >= 4 is 0 Å². The van der Waals surface area contributed by atoms with Crippen molar-refractivity contribution in [3.8, 4) is 0 Å². The van der Waals surface area contributed by atoms with Crippen LogP contribution in [0.15, 0.2) is 10.7 Å². The van der Waals surface area contributed by atoms with Gasteiger partial charge in [-0.15, -0.1) is 0 Å². The Labute approximate surface area is 116 Å². The van der Waals surface area contributed by atoms with Crippen molar-refractivity contribution in [1.82, 2.24) is 10.1 Å². The highest BCUT2D eigenvalue weighted by molar-refractivity contribution is 5.30. The van der Waals surface area contributed by atoms with Gasteiger partial charge >= 0.3 is 0 Å². The number of hydrogen-bond donors (Lipinski definition) is 0. The monoisotopic (exact) mass is 262 g/mol. The van der Waals surface area contributed by atoms with Crippen molar-refractivity contribution < 1.29 is 4.52 Å². The zero-order chi connectivity index (χ0) is 13.8. The van der Waals surface area contributed by atoms with Crippen molar-refractivity contribution in [2.75, 3.05) is 14.1 Å². The van der Waals surface area contributed by atoms with Crippen molar-refractivity contribution in [2.24, 2.45) is 11.3 Å². The van der Waals surface area contributed by atoms with E-state index in [2.05, 4.69) is 44.9 Å². The number of rotatable bonds is 1. The first-order valence-electron chi connectivity index (χ1n) is 7.45. The second-order valence-corrected chi connectivity index (χ2v) is 7.68. The van der Waals surface area contributed by atoms with E-state index in [4.69, 9.17) is 4.52 Å². The van der Waals surface area contributed by atoms with Gasteiger partial charge in [-0.1, -0.05) is 25.9 Å². The molecule has 0 aliphatic heterocycles. The summed E-state index contributed by atoms with van der Waals surface area (Å²) in [7, 11) is 4.43. The number of hydrogen-bond acceptors (Lipinski definition) is 3. The number of nitrogens with zero attached hydrogens (tertiary/aromatic N) is 2. The molecule has 1 heterocycles. The Morgan fingerprint density at radius 2 is 2.00 bits per heavy atom. The van der Waals surface area contributed by atoms with Gasteiger partial charge in [0.1, 0.15) is 5.76 Å². The van der Waals surface area contributed by atoms with Crippen LogP contribution in [0.1, 0.15) is 51.4 Å². The highest BCUT2D eigenvalue weighted by Crippen LogP contribution is 2.57. The van der Waals surface area contributed by atoms with Gasteiger partial charge in [0.05, 0.1) is 6.20 Å². The van der Waals surface area contributed by atoms with Crippen LogP contribution in [-0.2, 0) is 11.8 Å². The molecule has 0 amide bonds. The Morgan fingerprint density at radius 3 is 2.68 bits per heavy atom. The fourth-order valence-electron chi connectivity index (χ4n) is 4.87. The molecule has 1 fully saturated rings. The lowest BCUT2D eigenvalue weighted by Crippen LogP contribution is -2.52. The molecule has 3 atom stereocenters. The summed E-state index contributed by atoms with van der Waals surface area (Å²) in [6, 6.07) is 0.721. The Balaban J connectivity index is 1.99. The van der Waals surface area contributed by atoms with Crippen LogP contribution in [0.4, 0.5) is 0 Å². The van der Waals surface area contributed by atoms with Crippen LogP contribution in [0.2, 0.25) is 0 Å². The molecule has 0 radical (unpaired) electrons. The van der Waals surface area contributed by atoms with Crippen LogP contribution in [-0.4, -0.2) is 30.2 Å². The molecule has 3 nitrogen and oxygen atoms in total. The van der Waals surface area contributed by atoms with Gasteiger partial charge in [-0.3, -0.25) is 0 Å². The molecule has 0 spiro atoms. The van der Waals surface area contributed by atoms with Crippen molar-refractivity contribution in [2.45, 2.75) is 57.9 Å². The molecule has 3 rings (SSSR count). The van der Waals surface area contributed by atoms with Gasteiger partial charge in [0.25, 0.3) is 0 Å². The zero-order valence-corrected chi connectivity index (χ0v) is 12.9. The largest absolute Gasteiger partial charge is 0.361 e. The molecular weight excluding hydrogens is 236 g/mol. The second kappa shape index (κ2) is 4.08. The average molecular weight is 262 g/mol. The lowest BCUT2D eigenvalue weighted by atomic mass is 9.51. The lowest BCUT2D eigenvalue weighted by molar-refractivity contribution is -0.00532. The van der Waals surface area contributed by atoms with E-state index in [0.717, 1.165) is 18.2 Å². The molecule has 0 saturated heterocycles. The van der Waals surface area contributed by atoms with E-state index < -0.39 is 0 Å². The SMILES string of the molecule is CN(C)[C@H]1CC[C@H]2C(C)(C)c3oncc3C[C@]2(C)C1. The summed E-state index contributed by atoms with van der Waals surface area (Å²) >= 11 is 0. The van der Waals surface area contributed by atoms with Crippen LogP contribution in [0.5, 0.6) is 0 Å². The van der Waals surface area contributed by atoms with Gasteiger partial charge in [0, 0.05) is 17.0 Å². The molecule has 2 aliphatic carbocycles. The normalized spacial score (nSPS) is 36.9. The van der Waals surface area contributed by atoms with Gasteiger partial charge in [0.15, 0.2) is 0 Å². The molecule has 106 valence electrons. The van der Waals surface area contributed by atoms with E-state index >= 15 is 0 Å². The van der Waals surface area contributed by atoms with E-state index in [0.29, 0.717) is 11.3 Å². The summed E-state index contributed by atoms with van der Waals surface area (Å²) in [6.07, 6.45) is 6.97. The fraction of sp³-hybridized carbons (Fsp3) is 0.812. The van der Waals surface area contributed by atoms with E-state index in [-0.39, 0.29) is 5.41 Å². The van der Waals surface area contributed by atoms with Crippen LogP contribution in [0.3, 0.4) is 0 Å². The highest BCUT2D eigenvalue weighted by atomic mass is 16.5.